The van der Waals surface area contributed by atoms with Gasteiger partial charge in [-0.25, -0.2) is 4.98 Å². The molecule has 4 rings (SSSR count). The Morgan fingerprint density at radius 1 is 0.964 bits per heavy atom. The molecule has 0 radical (unpaired) electrons. The van der Waals surface area contributed by atoms with E-state index in [1.165, 1.54) is 11.3 Å². The number of rotatable bonds is 7. The fourth-order valence-electron chi connectivity index (χ4n) is 2.97. The van der Waals surface area contributed by atoms with Crippen molar-refractivity contribution >= 4 is 27.3 Å². The van der Waals surface area contributed by atoms with Gasteiger partial charge in [0.15, 0.2) is 17.3 Å². The molecule has 4 nitrogen and oxygen atoms in total. The maximum Gasteiger partial charge on any atom is 0.279 e. The quantitative estimate of drug-likeness (QED) is 0.369. The smallest absolute Gasteiger partial charge is 0.279 e. The number of methoxy groups -OCH3 is 1. The predicted octanol–water partition coefficient (Wildman–Crippen LogP) is 5.91. The highest BCUT2D eigenvalue weighted by Gasteiger charge is 2.12. The number of aromatic nitrogens is 1. The fourth-order valence-corrected chi connectivity index (χ4v) is 3.80. The van der Waals surface area contributed by atoms with Crippen molar-refractivity contribution in [1.82, 2.24) is 4.98 Å². The Morgan fingerprint density at radius 3 is 2.54 bits per heavy atom. The van der Waals surface area contributed by atoms with Gasteiger partial charge >= 0.3 is 0 Å². The number of para-hydroxylation sites is 1. The summed E-state index contributed by atoms with van der Waals surface area (Å²) in [4.78, 5) is 16.8. The molecule has 0 aliphatic heterocycles. The highest BCUT2D eigenvalue weighted by atomic mass is 32.1. The van der Waals surface area contributed by atoms with Gasteiger partial charge in [-0.3, -0.25) is 4.79 Å². The summed E-state index contributed by atoms with van der Waals surface area (Å²) >= 11 is 1.49. The summed E-state index contributed by atoms with van der Waals surface area (Å²) in [6.07, 6.45) is 1.09. The molecule has 0 saturated carbocycles. The van der Waals surface area contributed by atoms with E-state index in [4.69, 9.17) is 9.47 Å². The molecule has 0 saturated heterocycles. The zero-order chi connectivity index (χ0) is 19.3. The average Bonchev–Trinajstić information content (AvgIpc) is 3.15. The first-order chi connectivity index (χ1) is 13.7. The zero-order valence-electron chi connectivity index (χ0n) is 15.4. The minimum Gasteiger partial charge on any atom is -0.493 e. The van der Waals surface area contributed by atoms with Gasteiger partial charge in [0.2, 0.25) is 0 Å². The predicted molar refractivity (Wildman–Crippen MR) is 112 cm³/mol. The molecule has 1 heterocycles. The van der Waals surface area contributed by atoms with E-state index < -0.39 is 0 Å². The summed E-state index contributed by atoms with van der Waals surface area (Å²) in [6, 6.07) is 23.0. The fraction of sp³-hybridized carbons (Fsp3) is 0.130. The molecule has 0 aliphatic carbocycles. The Bertz CT molecular complexity index is 1070. The lowest BCUT2D eigenvalue weighted by atomic mass is 10.0. The number of carbonyl (C=O) groups is 1. The summed E-state index contributed by atoms with van der Waals surface area (Å²) in [5, 5.41) is 0.575. The molecule has 0 amide bonds. The van der Waals surface area contributed by atoms with Gasteiger partial charge in [0.1, 0.15) is 0 Å². The third kappa shape index (κ3) is 4.05. The molecule has 0 N–H and O–H groups in total. The van der Waals surface area contributed by atoms with Gasteiger partial charge in [-0.2, -0.15) is 0 Å². The molecule has 140 valence electrons. The summed E-state index contributed by atoms with van der Waals surface area (Å²) in [5.74, 6) is 1.37. The van der Waals surface area contributed by atoms with Crippen LogP contribution in [0.5, 0.6) is 16.7 Å². The third-order valence-corrected chi connectivity index (χ3v) is 5.35. The van der Waals surface area contributed by atoms with Crippen LogP contribution in [0.4, 0.5) is 0 Å². The van der Waals surface area contributed by atoms with E-state index in [9.17, 15) is 4.79 Å². The molecule has 0 bridgehead atoms. The molecule has 0 fully saturated rings. The Morgan fingerprint density at radius 2 is 1.75 bits per heavy atom. The number of hydrogen-bond acceptors (Lipinski definition) is 5. The maximum absolute atomic E-state index is 12.3. The van der Waals surface area contributed by atoms with E-state index in [1.807, 2.05) is 72.8 Å². The van der Waals surface area contributed by atoms with Crippen LogP contribution in [0.15, 0.2) is 72.8 Å². The normalized spacial score (nSPS) is 10.8. The summed E-state index contributed by atoms with van der Waals surface area (Å²) in [7, 11) is 1.61. The van der Waals surface area contributed by atoms with Crippen molar-refractivity contribution in [3.05, 3.63) is 83.9 Å². The number of hydrogen-bond donors (Lipinski definition) is 0. The summed E-state index contributed by atoms with van der Waals surface area (Å²) in [5.41, 5.74) is 2.68. The number of ether oxygens (including phenoxy) is 2. The van der Waals surface area contributed by atoms with E-state index in [1.54, 1.807) is 7.11 Å². The van der Waals surface area contributed by atoms with Crippen molar-refractivity contribution in [2.45, 2.75) is 12.8 Å². The molecular formula is C23H19NO3S. The minimum absolute atomic E-state index is 0.134. The van der Waals surface area contributed by atoms with E-state index in [-0.39, 0.29) is 5.78 Å². The van der Waals surface area contributed by atoms with Crippen LogP contribution in [-0.4, -0.2) is 17.9 Å². The Kier molecular flexibility index (Phi) is 5.35. The van der Waals surface area contributed by atoms with Crippen molar-refractivity contribution in [2.24, 2.45) is 0 Å². The van der Waals surface area contributed by atoms with E-state index >= 15 is 0 Å². The summed E-state index contributed by atoms with van der Waals surface area (Å²) < 4.78 is 12.5. The van der Waals surface area contributed by atoms with Crippen LogP contribution in [-0.2, 0) is 6.42 Å². The standard InChI is InChI=1S/C23H19NO3S/c1-26-21-15-16(11-13-19(25)17-7-3-2-4-8-17)12-14-20(21)27-23-24-18-9-5-6-10-22(18)28-23/h2-10,12,14-15H,11,13H2,1H3. The van der Waals surface area contributed by atoms with Crippen LogP contribution in [0.1, 0.15) is 22.3 Å². The second kappa shape index (κ2) is 8.23. The monoisotopic (exact) mass is 389 g/mol. The van der Waals surface area contributed by atoms with Crippen LogP contribution in [0.3, 0.4) is 0 Å². The number of benzene rings is 3. The van der Waals surface area contributed by atoms with Gasteiger partial charge < -0.3 is 9.47 Å². The zero-order valence-corrected chi connectivity index (χ0v) is 16.2. The van der Waals surface area contributed by atoms with Crippen LogP contribution in [0.2, 0.25) is 0 Å². The number of aryl methyl sites for hydroxylation is 1. The third-order valence-electron chi connectivity index (χ3n) is 4.44. The van der Waals surface area contributed by atoms with Gasteiger partial charge in [-0.05, 0) is 36.2 Å². The Balaban J connectivity index is 1.47. The molecule has 5 heteroatoms. The van der Waals surface area contributed by atoms with Crippen molar-refractivity contribution < 1.29 is 14.3 Å². The molecule has 4 aromatic rings. The van der Waals surface area contributed by atoms with E-state index in [0.717, 1.165) is 21.3 Å². The SMILES string of the molecule is COc1cc(CCC(=O)c2ccccc2)ccc1Oc1nc2ccccc2s1. The largest absolute Gasteiger partial charge is 0.493 e. The molecule has 0 aliphatic rings. The van der Waals surface area contributed by atoms with Gasteiger partial charge in [-0.15, -0.1) is 0 Å². The number of fused-ring (bicyclic) bond motifs is 1. The molecule has 1 aromatic heterocycles. The second-order valence-corrected chi connectivity index (χ2v) is 7.32. The molecule has 28 heavy (non-hydrogen) atoms. The Labute approximate surface area is 167 Å². The van der Waals surface area contributed by atoms with Gasteiger partial charge in [0.05, 0.1) is 17.3 Å². The van der Waals surface area contributed by atoms with Crippen LogP contribution >= 0.6 is 11.3 Å². The first-order valence-corrected chi connectivity index (χ1v) is 9.83. The number of thiazole rings is 1. The van der Waals surface area contributed by atoms with Gasteiger partial charge in [0.25, 0.3) is 5.19 Å². The van der Waals surface area contributed by atoms with Crippen LogP contribution in [0.25, 0.3) is 10.2 Å². The first-order valence-electron chi connectivity index (χ1n) is 9.01. The van der Waals surface area contributed by atoms with Crippen molar-refractivity contribution in [3.8, 4) is 16.7 Å². The topological polar surface area (TPSA) is 48.4 Å². The lowest BCUT2D eigenvalue weighted by Crippen LogP contribution is -2.01. The lowest BCUT2D eigenvalue weighted by Gasteiger charge is -2.10. The molecule has 0 spiro atoms. The highest BCUT2D eigenvalue weighted by Crippen LogP contribution is 2.36. The van der Waals surface area contributed by atoms with Crippen molar-refractivity contribution in [3.63, 3.8) is 0 Å². The van der Waals surface area contributed by atoms with Crippen LogP contribution in [0, 0.1) is 0 Å². The van der Waals surface area contributed by atoms with E-state index in [2.05, 4.69) is 4.98 Å². The van der Waals surface area contributed by atoms with Gasteiger partial charge in [-0.1, -0.05) is 59.9 Å². The molecule has 0 atom stereocenters. The number of Topliss-reactive ketones (excluding diaryl/α,β-unsaturated/α-hetero) is 1. The van der Waals surface area contributed by atoms with Crippen LogP contribution < -0.4 is 9.47 Å². The molecule has 0 unspecified atom stereocenters. The lowest BCUT2D eigenvalue weighted by molar-refractivity contribution is 0.0983. The second-order valence-electron chi connectivity index (χ2n) is 6.32. The van der Waals surface area contributed by atoms with Crippen molar-refractivity contribution in [1.29, 1.82) is 0 Å². The molecular weight excluding hydrogens is 370 g/mol. The highest BCUT2D eigenvalue weighted by molar-refractivity contribution is 7.20. The van der Waals surface area contributed by atoms with Crippen molar-refractivity contribution in [2.75, 3.05) is 7.11 Å². The Hall–Kier alpha value is -3.18. The number of nitrogens with zero attached hydrogens (tertiary/aromatic N) is 1. The average molecular weight is 389 g/mol. The minimum atomic E-state index is 0.134. The number of ketones is 1. The first kappa shape index (κ1) is 18.2. The maximum atomic E-state index is 12.3. The van der Waals surface area contributed by atoms with Gasteiger partial charge in [0, 0.05) is 12.0 Å². The van der Waals surface area contributed by atoms with E-state index in [0.29, 0.717) is 29.5 Å². The summed E-state index contributed by atoms with van der Waals surface area (Å²) in [6.45, 7) is 0. The molecule has 3 aromatic carbocycles. The number of carbonyl (C=O) groups excluding carboxylic acids is 1.